The van der Waals surface area contributed by atoms with Gasteiger partial charge in [0, 0.05) is 6.54 Å². The number of nitrogens with zero attached hydrogens (tertiary/aromatic N) is 1. The fourth-order valence-electron chi connectivity index (χ4n) is 2.54. The van der Waals surface area contributed by atoms with Crippen molar-refractivity contribution in [3.05, 3.63) is 35.6 Å². The molecule has 1 heterocycles. The molecule has 1 N–H and O–H groups in total. The lowest BCUT2D eigenvalue weighted by atomic mass is 10.00. The Kier molecular flexibility index (Phi) is 4.39. The molecule has 0 saturated carbocycles. The molecule has 5 nitrogen and oxygen atoms in total. The lowest BCUT2D eigenvalue weighted by Gasteiger charge is -2.28. The summed E-state index contributed by atoms with van der Waals surface area (Å²) in [5.74, 6) is -1.97. The molecular weight excluding hydrogens is 289 g/mol. The van der Waals surface area contributed by atoms with Gasteiger partial charge >= 0.3 is 12.1 Å². The second-order valence-electron chi connectivity index (χ2n) is 6.47. The predicted molar refractivity (Wildman–Crippen MR) is 77.8 cm³/mol. The second kappa shape index (κ2) is 5.94. The predicted octanol–water partition coefficient (Wildman–Crippen LogP) is 3.21. The summed E-state index contributed by atoms with van der Waals surface area (Å²) in [6.45, 7) is 5.35. The zero-order chi connectivity index (χ0) is 16.5. The van der Waals surface area contributed by atoms with Crippen LogP contribution in [0.25, 0.3) is 0 Å². The van der Waals surface area contributed by atoms with Crippen LogP contribution in [-0.2, 0) is 9.53 Å². The number of rotatable bonds is 2. The van der Waals surface area contributed by atoms with Crippen molar-refractivity contribution < 1.29 is 23.8 Å². The number of ether oxygens (including phenoxy) is 1. The van der Waals surface area contributed by atoms with E-state index in [4.69, 9.17) is 4.74 Å². The van der Waals surface area contributed by atoms with E-state index in [1.165, 1.54) is 17.0 Å². The van der Waals surface area contributed by atoms with E-state index in [1.54, 1.807) is 32.9 Å². The third-order valence-electron chi connectivity index (χ3n) is 3.53. The van der Waals surface area contributed by atoms with Gasteiger partial charge in [-0.15, -0.1) is 0 Å². The number of amides is 1. The van der Waals surface area contributed by atoms with Crippen molar-refractivity contribution in [2.75, 3.05) is 6.54 Å². The van der Waals surface area contributed by atoms with Gasteiger partial charge in [0.15, 0.2) is 0 Å². The molecule has 0 radical (unpaired) electrons. The molecule has 0 bridgehead atoms. The fourth-order valence-corrected chi connectivity index (χ4v) is 2.54. The van der Waals surface area contributed by atoms with Gasteiger partial charge in [0.1, 0.15) is 11.4 Å². The van der Waals surface area contributed by atoms with Crippen molar-refractivity contribution in [3.8, 4) is 0 Å². The standard InChI is InChI=1S/C16H20FNO4/c1-16(2,3)22-15(21)18-9-11(14(19)20)8-13(18)10-4-6-12(17)7-5-10/h4-7,11,13H,8-9H2,1-3H3,(H,19,20). The molecule has 1 amide bonds. The summed E-state index contributed by atoms with van der Waals surface area (Å²) < 4.78 is 18.4. The molecule has 2 unspecified atom stereocenters. The summed E-state index contributed by atoms with van der Waals surface area (Å²) in [6, 6.07) is 5.33. The molecule has 22 heavy (non-hydrogen) atoms. The van der Waals surface area contributed by atoms with Crippen LogP contribution in [0.15, 0.2) is 24.3 Å². The third kappa shape index (κ3) is 3.75. The van der Waals surface area contributed by atoms with E-state index in [-0.39, 0.29) is 12.4 Å². The van der Waals surface area contributed by atoms with Crippen LogP contribution in [0, 0.1) is 11.7 Å². The van der Waals surface area contributed by atoms with E-state index in [0.717, 1.165) is 0 Å². The van der Waals surface area contributed by atoms with E-state index in [2.05, 4.69) is 0 Å². The average Bonchev–Trinajstić information content (AvgIpc) is 2.83. The van der Waals surface area contributed by atoms with Gasteiger partial charge in [0.2, 0.25) is 0 Å². The number of benzene rings is 1. The van der Waals surface area contributed by atoms with Crippen LogP contribution in [0.4, 0.5) is 9.18 Å². The first-order valence-electron chi connectivity index (χ1n) is 7.15. The van der Waals surface area contributed by atoms with E-state index in [9.17, 15) is 19.1 Å². The lowest BCUT2D eigenvalue weighted by molar-refractivity contribution is -0.141. The molecule has 1 aliphatic heterocycles. The molecule has 2 rings (SSSR count). The van der Waals surface area contributed by atoms with Gasteiger partial charge in [-0.05, 0) is 44.9 Å². The van der Waals surface area contributed by atoms with Crippen molar-refractivity contribution in [1.29, 1.82) is 0 Å². The van der Waals surface area contributed by atoms with E-state index < -0.39 is 29.6 Å². The van der Waals surface area contributed by atoms with E-state index in [0.29, 0.717) is 12.0 Å². The molecule has 0 aliphatic carbocycles. The quantitative estimate of drug-likeness (QED) is 0.911. The first-order chi connectivity index (χ1) is 10.2. The number of likely N-dealkylation sites (tertiary alicyclic amines) is 1. The summed E-state index contributed by atoms with van der Waals surface area (Å²) in [7, 11) is 0. The molecule has 1 aliphatic rings. The summed E-state index contributed by atoms with van der Waals surface area (Å²) in [5.41, 5.74) is 0.0437. The van der Waals surface area contributed by atoms with Crippen LogP contribution in [0.2, 0.25) is 0 Å². The van der Waals surface area contributed by atoms with Crippen molar-refractivity contribution in [3.63, 3.8) is 0 Å². The molecule has 1 saturated heterocycles. The Labute approximate surface area is 128 Å². The highest BCUT2D eigenvalue weighted by atomic mass is 19.1. The number of carbonyl (C=O) groups excluding carboxylic acids is 1. The fraction of sp³-hybridized carbons (Fsp3) is 0.500. The van der Waals surface area contributed by atoms with E-state index >= 15 is 0 Å². The second-order valence-corrected chi connectivity index (χ2v) is 6.47. The van der Waals surface area contributed by atoms with Crippen LogP contribution >= 0.6 is 0 Å². The molecule has 120 valence electrons. The molecule has 0 aromatic heterocycles. The molecular formula is C16H20FNO4. The minimum atomic E-state index is -0.946. The Morgan fingerprint density at radius 3 is 2.36 bits per heavy atom. The summed E-state index contributed by atoms with van der Waals surface area (Å²) in [6.07, 6.45) is -0.259. The van der Waals surface area contributed by atoms with Crippen LogP contribution < -0.4 is 0 Å². The van der Waals surface area contributed by atoms with Crippen molar-refractivity contribution in [2.45, 2.75) is 38.8 Å². The summed E-state index contributed by atoms with van der Waals surface area (Å²) in [5, 5.41) is 9.22. The Morgan fingerprint density at radius 2 is 1.86 bits per heavy atom. The van der Waals surface area contributed by atoms with Gasteiger partial charge in [-0.1, -0.05) is 12.1 Å². The molecule has 1 aromatic carbocycles. The normalized spacial score (nSPS) is 21.7. The number of hydrogen-bond donors (Lipinski definition) is 1. The highest BCUT2D eigenvalue weighted by Crippen LogP contribution is 2.36. The van der Waals surface area contributed by atoms with Crippen LogP contribution in [0.5, 0.6) is 0 Å². The van der Waals surface area contributed by atoms with Gasteiger partial charge in [0.25, 0.3) is 0 Å². The Hall–Kier alpha value is -2.11. The molecule has 1 aromatic rings. The highest BCUT2D eigenvalue weighted by Gasteiger charge is 2.41. The van der Waals surface area contributed by atoms with Gasteiger partial charge in [-0.25, -0.2) is 9.18 Å². The van der Waals surface area contributed by atoms with Crippen LogP contribution in [0.1, 0.15) is 38.8 Å². The number of hydrogen-bond acceptors (Lipinski definition) is 3. The Morgan fingerprint density at radius 1 is 1.27 bits per heavy atom. The van der Waals surface area contributed by atoms with Gasteiger partial charge in [0.05, 0.1) is 12.0 Å². The van der Waals surface area contributed by atoms with Crippen molar-refractivity contribution >= 4 is 12.1 Å². The molecule has 2 atom stereocenters. The average molecular weight is 309 g/mol. The number of carboxylic acids is 1. The van der Waals surface area contributed by atoms with Crippen molar-refractivity contribution in [2.24, 2.45) is 5.92 Å². The zero-order valence-electron chi connectivity index (χ0n) is 12.9. The van der Waals surface area contributed by atoms with E-state index in [1.807, 2.05) is 0 Å². The van der Waals surface area contributed by atoms with Gasteiger partial charge in [-0.2, -0.15) is 0 Å². The number of aliphatic carboxylic acids is 1. The molecule has 0 spiro atoms. The minimum Gasteiger partial charge on any atom is -0.481 e. The monoisotopic (exact) mass is 309 g/mol. The Balaban J connectivity index is 2.25. The Bertz CT molecular complexity index is 565. The maximum absolute atomic E-state index is 13.1. The molecule has 1 fully saturated rings. The van der Waals surface area contributed by atoms with Crippen molar-refractivity contribution in [1.82, 2.24) is 4.90 Å². The number of halogens is 1. The summed E-state index contributed by atoms with van der Waals surface area (Å²) >= 11 is 0. The largest absolute Gasteiger partial charge is 0.481 e. The van der Waals surface area contributed by atoms with Gasteiger partial charge in [-0.3, -0.25) is 4.79 Å². The first-order valence-corrected chi connectivity index (χ1v) is 7.15. The SMILES string of the molecule is CC(C)(C)OC(=O)N1CC(C(=O)O)CC1c1ccc(F)cc1. The topological polar surface area (TPSA) is 66.8 Å². The number of carboxylic acid groups (broad SMARTS) is 1. The maximum Gasteiger partial charge on any atom is 0.410 e. The maximum atomic E-state index is 13.1. The highest BCUT2D eigenvalue weighted by molar-refractivity contribution is 5.75. The molecule has 6 heteroatoms. The summed E-state index contributed by atoms with van der Waals surface area (Å²) in [4.78, 5) is 25.0. The smallest absolute Gasteiger partial charge is 0.410 e. The van der Waals surface area contributed by atoms with Crippen LogP contribution in [0.3, 0.4) is 0 Å². The van der Waals surface area contributed by atoms with Gasteiger partial charge < -0.3 is 14.7 Å². The minimum absolute atomic E-state index is 0.0896. The zero-order valence-corrected chi connectivity index (χ0v) is 12.9. The first kappa shape index (κ1) is 16.3. The van der Waals surface area contributed by atoms with Crippen LogP contribution in [-0.4, -0.2) is 34.2 Å². The third-order valence-corrected chi connectivity index (χ3v) is 3.53. The lowest BCUT2D eigenvalue weighted by Crippen LogP contribution is -2.37. The number of carbonyl (C=O) groups is 2.